The van der Waals surface area contributed by atoms with Crippen molar-refractivity contribution in [3.8, 4) is 0 Å². The molecule has 100 valence electrons. The van der Waals surface area contributed by atoms with Crippen molar-refractivity contribution < 1.29 is 8.42 Å². The maximum atomic E-state index is 12.0. The molecule has 0 unspecified atom stereocenters. The first-order chi connectivity index (χ1) is 8.43. The van der Waals surface area contributed by atoms with E-state index in [0.29, 0.717) is 5.69 Å². The van der Waals surface area contributed by atoms with Gasteiger partial charge in [-0.2, -0.15) is 0 Å². The smallest absolute Gasteiger partial charge is 0.242 e. The van der Waals surface area contributed by atoms with E-state index in [1.807, 2.05) is 0 Å². The molecule has 0 bridgehead atoms. The van der Waals surface area contributed by atoms with Crippen LogP contribution >= 0.6 is 0 Å². The number of rotatable bonds is 3. The highest BCUT2D eigenvalue weighted by Gasteiger charge is 2.20. The molecule has 5 nitrogen and oxygen atoms in total. The van der Waals surface area contributed by atoms with Crippen molar-refractivity contribution >= 4 is 21.4 Å². The number of nitrogen functional groups attached to an aromatic ring is 1. The summed E-state index contributed by atoms with van der Waals surface area (Å²) in [6.45, 7) is 1.98. The third kappa shape index (κ3) is 2.30. The molecular formula is C12H19N3O2S. The van der Waals surface area contributed by atoms with E-state index in [0.717, 1.165) is 31.6 Å². The van der Waals surface area contributed by atoms with E-state index in [-0.39, 0.29) is 4.90 Å². The molecule has 0 spiro atoms. The molecule has 0 aromatic heterocycles. The number of nitrogens with zero attached hydrogens (tertiary/aromatic N) is 2. The Morgan fingerprint density at radius 2 is 1.83 bits per heavy atom. The molecule has 0 amide bonds. The first kappa shape index (κ1) is 13.2. The maximum absolute atomic E-state index is 12.0. The van der Waals surface area contributed by atoms with E-state index in [9.17, 15) is 8.42 Å². The number of hydrogen-bond donors (Lipinski definition) is 1. The summed E-state index contributed by atoms with van der Waals surface area (Å²) in [6.07, 6.45) is 2.33. The predicted octanol–water partition coefficient (Wildman–Crippen LogP) is 1.12. The zero-order valence-electron chi connectivity index (χ0n) is 10.8. The third-order valence-corrected chi connectivity index (χ3v) is 5.04. The van der Waals surface area contributed by atoms with Crippen LogP contribution in [0.4, 0.5) is 11.4 Å². The van der Waals surface area contributed by atoms with Crippen LogP contribution in [0.15, 0.2) is 23.1 Å². The minimum Gasteiger partial charge on any atom is -0.397 e. The number of hydrogen-bond acceptors (Lipinski definition) is 4. The van der Waals surface area contributed by atoms with Crippen LogP contribution in [0.25, 0.3) is 0 Å². The van der Waals surface area contributed by atoms with Gasteiger partial charge in [0.05, 0.1) is 16.3 Å². The highest BCUT2D eigenvalue weighted by Crippen LogP contribution is 2.29. The lowest BCUT2D eigenvalue weighted by molar-refractivity contribution is 0.521. The van der Waals surface area contributed by atoms with Crippen molar-refractivity contribution in [1.82, 2.24) is 4.31 Å². The summed E-state index contributed by atoms with van der Waals surface area (Å²) in [5.74, 6) is 0. The Kier molecular flexibility index (Phi) is 3.49. The second-order valence-electron chi connectivity index (χ2n) is 4.70. The molecule has 1 aliphatic rings. The number of benzene rings is 1. The molecule has 1 saturated heterocycles. The summed E-state index contributed by atoms with van der Waals surface area (Å²) in [5, 5.41) is 0. The summed E-state index contributed by atoms with van der Waals surface area (Å²) < 4.78 is 25.1. The van der Waals surface area contributed by atoms with Gasteiger partial charge < -0.3 is 10.6 Å². The van der Waals surface area contributed by atoms with Crippen LogP contribution in [0.1, 0.15) is 12.8 Å². The predicted molar refractivity (Wildman–Crippen MR) is 73.2 cm³/mol. The average Bonchev–Trinajstić information content (AvgIpc) is 2.82. The second-order valence-corrected chi connectivity index (χ2v) is 6.85. The largest absolute Gasteiger partial charge is 0.397 e. The zero-order valence-corrected chi connectivity index (χ0v) is 11.6. The van der Waals surface area contributed by atoms with Crippen LogP contribution in [0.5, 0.6) is 0 Å². The standard InChI is InChI=1S/C12H19N3O2S/c1-14(2)18(16,17)10-5-6-12(11(13)9-10)15-7-3-4-8-15/h5-6,9H,3-4,7-8,13H2,1-2H3. The third-order valence-electron chi connectivity index (χ3n) is 3.22. The molecule has 6 heteroatoms. The molecule has 0 aliphatic carbocycles. The fourth-order valence-electron chi connectivity index (χ4n) is 2.15. The van der Waals surface area contributed by atoms with Crippen LogP contribution < -0.4 is 10.6 Å². The molecule has 1 aromatic rings. The lowest BCUT2D eigenvalue weighted by Gasteiger charge is -2.20. The maximum Gasteiger partial charge on any atom is 0.242 e. The van der Waals surface area contributed by atoms with Crippen LogP contribution in [-0.2, 0) is 10.0 Å². The second kappa shape index (κ2) is 4.78. The van der Waals surface area contributed by atoms with Crippen molar-refractivity contribution in [3.05, 3.63) is 18.2 Å². The molecular weight excluding hydrogens is 250 g/mol. The topological polar surface area (TPSA) is 66.6 Å². The van der Waals surface area contributed by atoms with Crippen molar-refractivity contribution in [3.63, 3.8) is 0 Å². The highest BCUT2D eigenvalue weighted by molar-refractivity contribution is 7.89. The summed E-state index contributed by atoms with van der Waals surface area (Å²) in [4.78, 5) is 2.44. The van der Waals surface area contributed by atoms with Gasteiger partial charge in [0.15, 0.2) is 0 Å². The summed E-state index contributed by atoms with van der Waals surface area (Å²) in [6, 6.07) is 4.97. The molecule has 0 atom stereocenters. The van der Waals surface area contributed by atoms with Gasteiger partial charge in [-0.05, 0) is 31.0 Å². The van der Waals surface area contributed by atoms with Gasteiger partial charge >= 0.3 is 0 Å². The normalized spacial score (nSPS) is 16.5. The van der Waals surface area contributed by atoms with Gasteiger partial charge in [0.25, 0.3) is 0 Å². The molecule has 1 aromatic carbocycles. The Hall–Kier alpha value is -1.27. The van der Waals surface area contributed by atoms with Gasteiger partial charge in [0.2, 0.25) is 10.0 Å². The Bertz CT molecular complexity index is 534. The molecule has 0 saturated carbocycles. The summed E-state index contributed by atoms with van der Waals surface area (Å²) in [5.41, 5.74) is 7.44. The Labute approximate surface area is 108 Å². The molecule has 1 fully saturated rings. The van der Waals surface area contributed by atoms with Gasteiger partial charge in [-0.15, -0.1) is 0 Å². The van der Waals surface area contributed by atoms with Crippen molar-refractivity contribution in [1.29, 1.82) is 0 Å². The Balaban J connectivity index is 2.36. The Morgan fingerprint density at radius 1 is 1.22 bits per heavy atom. The molecule has 2 N–H and O–H groups in total. The number of sulfonamides is 1. The minimum atomic E-state index is -3.40. The SMILES string of the molecule is CN(C)S(=O)(=O)c1ccc(N2CCCC2)c(N)c1. The van der Waals surface area contributed by atoms with E-state index in [1.54, 1.807) is 18.2 Å². The fraction of sp³-hybridized carbons (Fsp3) is 0.500. The highest BCUT2D eigenvalue weighted by atomic mass is 32.2. The van der Waals surface area contributed by atoms with Gasteiger partial charge in [0.1, 0.15) is 0 Å². The van der Waals surface area contributed by atoms with Crippen molar-refractivity contribution in [2.45, 2.75) is 17.7 Å². The first-order valence-corrected chi connectivity index (χ1v) is 7.44. The molecule has 2 rings (SSSR count). The van der Waals surface area contributed by atoms with Gasteiger partial charge in [0, 0.05) is 27.2 Å². The van der Waals surface area contributed by atoms with E-state index in [1.165, 1.54) is 18.4 Å². The minimum absolute atomic E-state index is 0.243. The first-order valence-electron chi connectivity index (χ1n) is 6.00. The fourth-order valence-corrected chi connectivity index (χ4v) is 3.09. The molecule has 0 radical (unpaired) electrons. The van der Waals surface area contributed by atoms with Crippen LogP contribution in [0.2, 0.25) is 0 Å². The summed E-state index contributed by atoms with van der Waals surface area (Å²) >= 11 is 0. The monoisotopic (exact) mass is 269 g/mol. The van der Waals surface area contributed by atoms with E-state index < -0.39 is 10.0 Å². The van der Waals surface area contributed by atoms with E-state index in [2.05, 4.69) is 4.90 Å². The molecule has 1 heterocycles. The zero-order chi connectivity index (χ0) is 13.3. The molecule has 1 aliphatic heterocycles. The molecule has 18 heavy (non-hydrogen) atoms. The van der Waals surface area contributed by atoms with E-state index in [4.69, 9.17) is 5.73 Å². The van der Waals surface area contributed by atoms with Gasteiger partial charge in [-0.1, -0.05) is 0 Å². The Morgan fingerprint density at radius 3 is 2.33 bits per heavy atom. The number of nitrogens with two attached hydrogens (primary N) is 1. The lowest BCUT2D eigenvalue weighted by atomic mass is 10.2. The van der Waals surface area contributed by atoms with Crippen LogP contribution in [0, 0.1) is 0 Å². The van der Waals surface area contributed by atoms with Crippen LogP contribution in [-0.4, -0.2) is 39.9 Å². The quantitative estimate of drug-likeness (QED) is 0.835. The van der Waals surface area contributed by atoms with Crippen LogP contribution in [0.3, 0.4) is 0 Å². The van der Waals surface area contributed by atoms with E-state index >= 15 is 0 Å². The van der Waals surface area contributed by atoms with Gasteiger partial charge in [-0.3, -0.25) is 0 Å². The average molecular weight is 269 g/mol. The lowest BCUT2D eigenvalue weighted by Crippen LogP contribution is -2.23. The number of anilines is 2. The van der Waals surface area contributed by atoms with Gasteiger partial charge in [-0.25, -0.2) is 12.7 Å². The summed E-state index contributed by atoms with van der Waals surface area (Å²) in [7, 11) is -0.377. The van der Waals surface area contributed by atoms with Crippen molar-refractivity contribution in [2.75, 3.05) is 37.8 Å². The van der Waals surface area contributed by atoms with Crippen molar-refractivity contribution in [2.24, 2.45) is 0 Å².